The summed E-state index contributed by atoms with van der Waals surface area (Å²) in [6, 6.07) is 17.8. The van der Waals surface area contributed by atoms with E-state index in [4.69, 9.17) is 4.74 Å². The van der Waals surface area contributed by atoms with E-state index in [-0.39, 0.29) is 24.6 Å². The lowest BCUT2D eigenvalue weighted by atomic mass is 9.98. The number of ether oxygens (including phenoxy) is 1. The highest BCUT2D eigenvalue weighted by Gasteiger charge is 2.36. The Labute approximate surface area is 223 Å². The number of fused-ring (bicyclic) bond motifs is 1. The molecule has 2 unspecified atom stereocenters. The minimum absolute atomic E-state index is 0.182. The van der Waals surface area contributed by atoms with Crippen molar-refractivity contribution < 1.29 is 23.5 Å². The standard InChI is InChI=1S/C30H36FN3O4/c1-30(2,3)38-29(37)34(6)26(19-21-11-14-22-9-7-8-10-23(22)17-21)28(36)33(5)25(27(35)32-4)18-20-12-15-24(31)16-13-20/h7-17,25-26H,18-19H2,1-6H3,(H,32,35). The maximum atomic E-state index is 14.0. The number of carbonyl (C=O) groups is 3. The molecule has 3 aromatic rings. The topological polar surface area (TPSA) is 79.0 Å². The Balaban J connectivity index is 1.95. The quantitative estimate of drug-likeness (QED) is 0.471. The number of carbonyl (C=O) groups excluding carboxylic acids is 3. The van der Waals surface area contributed by atoms with E-state index in [2.05, 4.69) is 5.32 Å². The fourth-order valence-electron chi connectivity index (χ4n) is 4.24. The summed E-state index contributed by atoms with van der Waals surface area (Å²) in [6.45, 7) is 5.28. The maximum absolute atomic E-state index is 14.0. The zero-order valence-corrected chi connectivity index (χ0v) is 22.8. The van der Waals surface area contributed by atoms with Crippen molar-refractivity contribution in [3.05, 3.63) is 83.7 Å². The number of likely N-dealkylation sites (N-methyl/N-ethyl adjacent to an activating group) is 3. The van der Waals surface area contributed by atoms with E-state index in [1.165, 1.54) is 36.0 Å². The molecule has 3 aromatic carbocycles. The second-order valence-corrected chi connectivity index (χ2v) is 10.4. The highest BCUT2D eigenvalue weighted by Crippen LogP contribution is 2.21. The third-order valence-electron chi connectivity index (χ3n) is 6.38. The van der Waals surface area contributed by atoms with E-state index in [1.54, 1.807) is 40.0 Å². The summed E-state index contributed by atoms with van der Waals surface area (Å²) in [5, 5.41) is 4.70. The lowest BCUT2D eigenvalue weighted by molar-refractivity contribution is -0.142. The molecule has 8 heteroatoms. The minimum atomic E-state index is -0.934. The molecule has 1 N–H and O–H groups in total. The van der Waals surface area contributed by atoms with Crippen molar-refractivity contribution in [2.24, 2.45) is 0 Å². The van der Waals surface area contributed by atoms with Crippen LogP contribution in [0.3, 0.4) is 0 Å². The van der Waals surface area contributed by atoms with Crippen LogP contribution >= 0.6 is 0 Å². The lowest BCUT2D eigenvalue weighted by Crippen LogP contribution is -2.56. The summed E-state index contributed by atoms with van der Waals surface area (Å²) in [7, 11) is 4.57. The summed E-state index contributed by atoms with van der Waals surface area (Å²) in [5.41, 5.74) is 0.813. The van der Waals surface area contributed by atoms with Crippen molar-refractivity contribution in [3.63, 3.8) is 0 Å². The van der Waals surface area contributed by atoms with Gasteiger partial charge in [-0.15, -0.1) is 0 Å². The SMILES string of the molecule is CNC(=O)C(Cc1ccc(F)cc1)N(C)C(=O)C(Cc1ccc2ccccc2c1)N(C)C(=O)OC(C)(C)C. The molecule has 0 spiro atoms. The number of halogens is 1. The zero-order chi connectivity index (χ0) is 28.0. The molecule has 2 atom stereocenters. The van der Waals surface area contributed by atoms with Gasteiger partial charge in [-0.25, -0.2) is 9.18 Å². The molecule has 0 saturated heterocycles. The van der Waals surface area contributed by atoms with Crippen molar-refractivity contribution in [2.75, 3.05) is 21.1 Å². The normalized spacial score (nSPS) is 12.9. The van der Waals surface area contributed by atoms with Gasteiger partial charge in [0.05, 0.1) is 0 Å². The first-order chi connectivity index (χ1) is 17.9. The van der Waals surface area contributed by atoms with E-state index >= 15 is 0 Å². The average molecular weight is 522 g/mol. The first-order valence-electron chi connectivity index (χ1n) is 12.6. The number of hydrogen-bond donors (Lipinski definition) is 1. The fourth-order valence-corrected chi connectivity index (χ4v) is 4.24. The third-order valence-corrected chi connectivity index (χ3v) is 6.38. The number of hydrogen-bond acceptors (Lipinski definition) is 4. The molecule has 0 radical (unpaired) electrons. The Hall–Kier alpha value is -3.94. The van der Waals surface area contributed by atoms with Crippen LogP contribution in [0.2, 0.25) is 0 Å². The summed E-state index contributed by atoms with van der Waals surface area (Å²) < 4.78 is 19.0. The number of amides is 3. The monoisotopic (exact) mass is 521 g/mol. The highest BCUT2D eigenvalue weighted by atomic mass is 19.1. The Kier molecular flexibility index (Phi) is 9.09. The van der Waals surface area contributed by atoms with Crippen LogP contribution in [0, 0.1) is 5.82 Å². The van der Waals surface area contributed by atoms with Crippen molar-refractivity contribution in [1.29, 1.82) is 0 Å². The lowest BCUT2D eigenvalue weighted by Gasteiger charge is -2.35. The molecule has 0 bridgehead atoms. The van der Waals surface area contributed by atoms with Gasteiger partial charge in [0.25, 0.3) is 0 Å². The molecule has 0 aromatic heterocycles. The van der Waals surface area contributed by atoms with Crippen LogP contribution in [-0.2, 0) is 27.2 Å². The van der Waals surface area contributed by atoms with Gasteiger partial charge in [-0.3, -0.25) is 14.5 Å². The largest absolute Gasteiger partial charge is 0.444 e. The molecule has 0 fully saturated rings. The molecule has 3 amide bonds. The maximum Gasteiger partial charge on any atom is 0.410 e. The van der Waals surface area contributed by atoms with E-state index in [0.717, 1.165) is 16.3 Å². The van der Waals surface area contributed by atoms with Crippen LogP contribution in [0.15, 0.2) is 66.7 Å². The summed E-state index contributed by atoms with van der Waals surface area (Å²) in [6.07, 6.45) is -0.234. The van der Waals surface area contributed by atoms with Crippen LogP contribution in [0.5, 0.6) is 0 Å². The van der Waals surface area contributed by atoms with Gasteiger partial charge >= 0.3 is 6.09 Å². The number of benzene rings is 3. The summed E-state index contributed by atoms with van der Waals surface area (Å²) >= 11 is 0. The number of rotatable bonds is 8. The summed E-state index contributed by atoms with van der Waals surface area (Å²) in [5.74, 6) is -1.17. The van der Waals surface area contributed by atoms with Crippen LogP contribution < -0.4 is 5.32 Å². The second kappa shape index (κ2) is 12.1. The molecule has 38 heavy (non-hydrogen) atoms. The van der Waals surface area contributed by atoms with Crippen LogP contribution in [-0.4, -0.2) is 66.5 Å². The summed E-state index contributed by atoms with van der Waals surface area (Å²) in [4.78, 5) is 42.5. The molecule has 0 saturated carbocycles. The Morgan fingerprint density at radius 3 is 2.03 bits per heavy atom. The molecule has 3 rings (SSSR count). The number of nitrogens with one attached hydrogen (secondary N) is 1. The first-order valence-corrected chi connectivity index (χ1v) is 12.6. The average Bonchev–Trinajstić information content (AvgIpc) is 2.88. The number of nitrogens with zero attached hydrogens (tertiary/aromatic N) is 2. The third kappa shape index (κ3) is 7.31. The van der Waals surface area contributed by atoms with E-state index in [9.17, 15) is 18.8 Å². The minimum Gasteiger partial charge on any atom is -0.444 e. The Morgan fingerprint density at radius 2 is 1.42 bits per heavy atom. The zero-order valence-electron chi connectivity index (χ0n) is 22.8. The van der Waals surface area contributed by atoms with E-state index < -0.39 is 29.7 Å². The van der Waals surface area contributed by atoms with Crippen LogP contribution in [0.1, 0.15) is 31.9 Å². The molecule has 202 valence electrons. The molecule has 0 aliphatic heterocycles. The van der Waals surface area contributed by atoms with Gasteiger partial charge < -0.3 is 15.0 Å². The first kappa shape index (κ1) is 28.6. The van der Waals surface area contributed by atoms with Gasteiger partial charge in [-0.2, -0.15) is 0 Å². The smallest absolute Gasteiger partial charge is 0.410 e. The van der Waals surface area contributed by atoms with Gasteiger partial charge in [0.1, 0.15) is 23.5 Å². The van der Waals surface area contributed by atoms with Gasteiger partial charge in [0.2, 0.25) is 11.8 Å². The molecule has 7 nitrogen and oxygen atoms in total. The van der Waals surface area contributed by atoms with E-state index in [1.807, 2.05) is 42.5 Å². The van der Waals surface area contributed by atoms with Gasteiger partial charge in [0.15, 0.2) is 0 Å². The molecule has 0 aliphatic carbocycles. The fraction of sp³-hybridized carbons (Fsp3) is 0.367. The Bertz CT molecular complexity index is 1290. The van der Waals surface area contributed by atoms with Crippen molar-refractivity contribution in [3.8, 4) is 0 Å². The molecular weight excluding hydrogens is 485 g/mol. The predicted molar refractivity (Wildman–Crippen MR) is 146 cm³/mol. The van der Waals surface area contributed by atoms with Crippen molar-refractivity contribution >= 4 is 28.7 Å². The van der Waals surface area contributed by atoms with E-state index in [0.29, 0.717) is 5.56 Å². The Morgan fingerprint density at radius 1 is 0.842 bits per heavy atom. The van der Waals surface area contributed by atoms with Crippen LogP contribution in [0.4, 0.5) is 9.18 Å². The van der Waals surface area contributed by atoms with Gasteiger partial charge in [-0.1, -0.05) is 54.6 Å². The van der Waals surface area contributed by atoms with Crippen molar-refractivity contribution in [2.45, 2.75) is 51.3 Å². The van der Waals surface area contributed by atoms with Crippen molar-refractivity contribution in [1.82, 2.24) is 15.1 Å². The predicted octanol–water partition coefficient (Wildman–Crippen LogP) is 4.57. The van der Waals surface area contributed by atoms with Gasteiger partial charge in [0, 0.05) is 34.0 Å². The molecular formula is C30H36FN3O4. The molecule has 0 heterocycles. The van der Waals surface area contributed by atoms with Gasteiger partial charge in [-0.05, 0) is 54.8 Å². The highest BCUT2D eigenvalue weighted by molar-refractivity contribution is 5.91. The van der Waals surface area contributed by atoms with Crippen LogP contribution in [0.25, 0.3) is 10.8 Å². The molecule has 0 aliphatic rings. The second-order valence-electron chi connectivity index (χ2n) is 10.4.